The van der Waals surface area contributed by atoms with Crippen molar-refractivity contribution in [3.8, 4) is 0 Å². The third kappa shape index (κ3) is 6.43. The average molecular weight is 343 g/mol. The van der Waals surface area contributed by atoms with Crippen LogP contribution in [0.1, 0.15) is 24.4 Å². The van der Waals surface area contributed by atoms with Crippen LogP contribution in [0.5, 0.6) is 0 Å². The zero-order chi connectivity index (χ0) is 16.0. The highest BCUT2D eigenvalue weighted by Gasteiger charge is 2.27. The Morgan fingerprint density at radius 2 is 1.90 bits per heavy atom. The van der Waals surface area contributed by atoms with Gasteiger partial charge in [-0.05, 0) is 38.7 Å². The highest BCUT2D eigenvalue weighted by molar-refractivity contribution is 6.42. The van der Waals surface area contributed by atoms with E-state index < -0.39 is 12.6 Å². The molecule has 1 atom stereocenters. The van der Waals surface area contributed by atoms with E-state index in [-0.39, 0.29) is 12.6 Å². The molecule has 0 aliphatic rings. The molecule has 0 aliphatic carbocycles. The molecule has 0 amide bonds. The number of benzene rings is 1. The molecule has 2 nitrogen and oxygen atoms in total. The second-order valence-corrected chi connectivity index (χ2v) is 5.73. The van der Waals surface area contributed by atoms with Gasteiger partial charge >= 0.3 is 6.18 Å². The summed E-state index contributed by atoms with van der Waals surface area (Å²) in [6.45, 7) is 0.521. The first-order valence-electron chi connectivity index (χ1n) is 6.61. The Kier molecular flexibility index (Phi) is 7.27. The topological polar surface area (TPSA) is 15.3 Å². The maximum absolute atomic E-state index is 12.2. The molecule has 0 fully saturated rings. The summed E-state index contributed by atoms with van der Waals surface area (Å²) in [5.74, 6) is 0. The van der Waals surface area contributed by atoms with E-state index in [1.165, 1.54) is 0 Å². The van der Waals surface area contributed by atoms with Crippen LogP contribution in [0, 0.1) is 0 Å². The Bertz CT molecular complexity index is 452. The molecule has 1 rings (SSSR count). The van der Waals surface area contributed by atoms with Crippen molar-refractivity contribution in [2.75, 3.05) is 27.2 Å². The number of alkyl halides is 3. The van der Waals surface area contributed by atoms with Crippen LogP contribution in [0.4, 0.5) is 13.2 Å². The normalized spacial score (nSPS) is 13.7. The summed E-state index contributed by atoms with van der Waals surface area (Å²) in [6.07, 6.45) is -4.27. The number of nitrogens with zero attached hydrogens (tertiary/aromatic N) is 1. The summed E-state index contributed by atoms with van der Waals surface area (Å²) in [6, 6.07) is 5.33. The molecule has 0 heterocycles. The summed E-state index contributed by atoms with van der Waals surface area (Å²) < 4.78 is 36.5. The van der Waals surface area contributed by atoms with Crippen LogP contribution in [0.25, 0.3) is 0 Å². The van der Waals surface area contributed by atoms with Crippen molar-refractivity contribution in [3.63, 3.8) is 0 Å². The van der Waals surface area contributed by atoms with Crippen molar-refractivity contribution < 1.29 is 13.2 Å². The number of rotatable bonds is 7. The van der Waals surface area contributed by atoms with E-state index in [0.717, 1.165) is 5.56 Å². The number of hydrogen-bond acceptors (Lipinski definition) is 2. The predicted octanol–water partition coefficient (Wildman–Crippen LogP) is 4.53. The van der Waals surface area contributed by atoms with E-state index in [1.807, 2.05) is 6.07 Å². The van der Waals surface area contributed by atoms with Crippen LogP contribution in [0.15, 0.2) is 18.2 Å². The first-order valence-corrected chi connectivity index (χ1v) is 7.36. The molecule has 0 saturated carbocycles. The van der Waals surface area contributed by atoms with Crippen molar-refractivity contribution in [1.29, 1.82) is 0 Å². The third-order valence-corrected chi connectivity index (χ3v) is 4.12. The highest BCUT2D eigenvalue weighted by atomic mass is 35.5. The molecule has 0 bridgehead atoms. The van der Waals surface area contributed by atoms with E-state index in [0.29, 0.717) is 23.0 Å². The van der Waals surface area contributed by atoms with Gasteiger partial charge in [-0.15, -0.1) is 0 Å². The summed E-state index contributed by atoms with van der Waals surface area (Å²) in [5.41, 5.74) is 0.857. The van der Waals surface area contributed by atoms with Crippen LogP contribution in [-0.2, 0) is 0 Å². The minimum atomic E-state index is -4.12. The zero-order valence-electron chi connectivity index (χ0n) is 12.0. The monoisotopic (exact) mass is 342 g/mol. The Hall–Kier alpha value is -0.490. The molecule has 1 aromatic carbocycles. The lowest BCUT2D eigenvalue weighted by atomic mass is 10.0. The summed E-state index contributed by atoms with van der Waals surface area (Å²) in [4.78, 5) is 1.66. The number of halogens is 5. The van der Waals surface area contributed by atoms with E-state index in [2.05, 4.69) is 5.32 Å². The van der Waals surface area contributed by atoms with Crippen molar-refractivity contribution in [2.45, 2.75) is 25.1 Å². The molecule has 0 aliphatic heterocycles. The Morgan fingerprint density at radius 1 is 1.24 bits per heavy atom. The van der Waals surface area contributed by atoms with Gasteiger partial charge in [0.2, 0.25) is 0 Å². The largest absolute Gasteiger partial charge is 0.390 e. The fourth-order valence-corrected chi connectivity index (χ4v) is 2.46. The first-order chi connectivity index (χ1) is 9.74. The smallest absolute Gasteiger partial charge is 0.313 e. The van der Waals surface area contributed by atoms with Gasteiger partial charge in [-0.25, -0.2) is 0 Å². The number of nitrogens with one attached hydrogen (secondary N) is 1. The van der Waals surface area contributed by atoms with Crippen molar-refractivity contribution in [2.24, 2.45) is 0 Å². The van der Waals surface area contributed by atoms with Gasteiger partial charge in [0.15, 0.2) is 0 Å². The second kappa shape index (κ2) is 8.22. The SMILES string of the molecule is CNC(CCN(C)CCC(F)(F)F)c1cccc(Cl)c1Cl. The van der Waals surface area contributed by atoms with Crippen LogP contribution in [0.2, 0.25) is 10.0 Å². The first kappa shape index (κ1) is 18.6. The van der Waals surface area contributed by atoms with E-state index in [4.69, 9.17) is 23.2 Å². The minimum absolute atomic E-state index is 0.0107. The lowest BCUT2D eigenvalue weighted by Gasteiger charge is -2.23. The standard InChI is InChI=1S/C14H19Cl2F3N2/c1-20-12(10-4-3-5-11(15)13(10)16)6-8-21(2)9-7-14(17,18)19/h3-5,12,20H,6-9H2,1-2H3. The lowest BCUT2D eigenvalue weighted by Crippen LogP contribution is -2.28. The Balaban J connectivity index is 2.57. The molecule has 1 aromatic rings. The van der Waals surface area contributed by atoms with Crippen molar-refractivity contribution >= 4 is 23.2 Å². The molecule has 1 unspecified atom stereocenters. The van der Waals surface area contributed by atoms with Gasteiger partial charge in [-0.3, -0.25) is 0 Å². The number of hydrogen-bond donors (Lipinski definition) is 1. The van der Waals surface area contributed by atoms with Gasteiger partial charge in [-0.1, -0.05) is 35.3 Å². The third-order valence-electron chi connectivity index (χ3n) is 3.28. The van der Waals surface area contributed by atoms with Gasteiger partial charge in [0, 0.05) is 12.6 Å². The Labute approximate surface area is 133 Å². The minimum Gasteiger partial charge on any atom is -0.313 e. The molecule has 0 saturated heterocycles. The summed E-state index contributed by atoms with van der Waals surface area (Å²) in [5, 5.41) is 4.08. The van der Waals surface area contributed by atoms with Crippen LogP contribution < -0.4 is 5.32 Å². The molecule has 7 heteroatoms. The van der Waals surface area contributed by atoms with Crippen LogP contribution >= 0.6 is 23.2 Å². The zero-order valence-corrected chi connectivity index (χ0v) is 13.5. The molecular weight excluding hydrogens is 324 g/mol. The van der Waals surface area contributed by atoms with Crippen molar-refractivity contribution in [1.82, 2.24) is 10.2 Å². The molecule has 120 valence electrons. The Morgan fingerprint density at radius 3 is 2.48 bits per heavy atom. The van der Waals surface area contributed by atoms with Crippen LogP contribution in [-0.4, -0.2) is 38.3 Å². The van der Waals surface area contributed by atoms with Gasteiger partial charge in [-0.2, -0.15) is 13.2 Å². The maximum atomic E-state index is 12.2. The molecule has 1 N–H and O–H groups in total. The molecule has 0 aromatic heterocycles. The van der Waals surface area contributed by atoms with Gasteiger partial charge in [0.25, 0.3) is 0 Å². The van der Waals surface area contributed by atoms with Gasteiger partial charge in [0.1, 0.15) is 0 Å². The highest BCUT2D eigenvalue weighted by Crippen LogP contribution is 2.31. The quantitative estimate of drug-likeness (QED) is 0.783. The molecular formula is C14H19Cl2F3N2. The van der Waals surface area contributed by atoms with E-state index >= 15 is 0 Å². The predicted molar refractivity (Wildman–Crippen MR) is 81.0 cm³/mol. The van der Waals surface area contributed by atoms with Gasteiger partial charge in [0.05, 0.1) is 16.5 Å². The lowest BCUT2D eigenvalue weighted by molar-refractivity contribution is -0.137. The van der Waals surface area contributed by atoms with Gasteiger partial charge < -0.3 is 10.2 Å². The van der Waals surface area contributed by atoms with E-state index in [9.17, 15) is 13.2 Å². The fraction of sp³-hybridized carbons (Fsp3) is 0.571. The van der Waals surface area contributed by atoms with Crippen LogP contribution in [0.3, 0.4) is 0 Å². The maximum Gasteiger partial charge on any atom is 0.390 e. The second-order valence-electron chi connectivity index (χ2n) is 4.94. The molecule has 0 radical (unpaired) electrons. The van der Waals surface area contributed by atoms with Crippen molar-refractivity contribution in [3.05, 3.63) is 33.8 Å². The van der Waals surface area contributed by atoms with E-state index in [1.54, 1.807) is 31.1 Å². The average Bonchev–Trinajstić information content (AvgIpc) is 2.40. The summed E-state index contributed by atoms with van der Waals surface area (Å²) in [7, 11) is 3.47. The fourth-order valence-electron chi connectivity index (χ4n) is 2.02. The summed E-state index contributed by atoms with van der Waals surface area (Å²) >= 11 is 12.2. The molecule has 21 heavy (non-hydrogen) atoms. The molecule has 0 spiro atoms.